The second kappa shape index (κ2) is 6.93. The Labute approximate surface area is 149 Å². The molecule has 0 saturated heterocycles. The van der Waals surface area contributed by atoms with Gasteiger partial charge in [-0.3, -0.25) is 0 Å². The highest BCUT2D eigenvalue weighted by Gasteiger charge is 2.47. The highest BCUT2D eigenvalue weighted by molar-refractivity contribution is 5.69. The van der Waals surface area contributed by atoms with Crippen LogP contribution in [0, 0.1) is 0 Å². The van der Waals surface area contributed by atoms with Crippen molar-refractivity contribution < 1.29 is 22.6 Å². The molecule has 5 nitrogen and oxygen atoms in total. The number of halogens is 3. The topological polar surface area (TPSA) is 48.3 Å². The molecule has 1 aliphatic rings. The van der Waals surface area contributed by atoms with Gasteiger partial charge in [0, 0.05) is 6.42 Å². The van der Waals surface area contributed by atoms with Crippen molar-refractivity contribution in [3.8, 4) is 5.75 Å². The van der Waals surface area contributed by atoms with E-state index in [1.54, 1.807) is 31.2 Å². The minimum atomic E-state index is -4.43. The quantitative estimate of drug-likeness (QED) is 0.787. The normalized spacial score (nSPS) is 19.4. The number of anilines is 1. The van der Waals surface area contributed by atoms with Crippen LogP contribution in [0.4, 0.5) is 19.0 Å². The average Bonchev–Trinajstić information content (AvgIpc) is 3.04. The summed E-state index contributed by atoms with van der Waals surface area (Å²) in [6, 6.07) is 4.72. The molecular weight excluding hydrogens is 347 g/mol. The fraction of sp³-hybridized carbons (Fsp3) is 0.389. The van der Waals surface area contributed by atoms with E-state index in [-0.39, 0.29) is 18.0 Å². The van der Waals surface area contributed by atoms with E-state index in [0.717, 1.165) is 4.68 Å². The van der Waals surface area contributed by atoms with E-state index in [1.807, 2.05) is 0 Å². The zero-order valence-electron chi connectivity index (χ0n) is 14.5. The van der Waals surface area contributed by atoms with E-state index in [2.05, 4.69) is 17.0 Å². The fourth-order valence-electron chi connectivity index (χ4n) is 3.10. The highest BCUT2D eigenvalue weighted by atomic mass is 19.4. The largest absolute Gasteiger partial charge is 0.497 e. The Kier molecular flexibility index (Phi) is 4.84. The van der Waals surface area contributed by atoms with Gasteiger partial charge in [0.1, 0.15) is 17.3 Å². The van der Waals surface area contributed by atoms with Gasteiger partial charge in [-0.25, -0.2) is 4.68 Å². The van der Waals surface area contributed by atoms with Crippen LogP contribution in [0.1, 0.15) is 36.6 Å². The number of rotatable bonds is 5. The maximum absolute atomic E-state index is 13.6. The van der Waals surface area contributed by atoms with Crippen molar-refractivity contribution in [2.45, 2.75) is 31.6 Å². The van der Waals surface area contributed by atoms with E-state index in [0.29, 0.717) is 23.5 Å². The summed E-state index contributed by atoms with van der Waals surface area (Å²) in [6.07, 6.45) is -3.25. The molecule has 8 heteroatoms. The third-order valence-electron chi connectivity index (χ3n) is 4.35. The van der Waals surface area contributed by atoms with Gasteiger partial charge in [0.25, 0.3) is 0 Å². The van der Waals surface area contributed by atoms with Crippen LogP contribution in [0.2, 0.25) is 0 Å². The van der Waals surface area contributed by atoms with Crippen LogP contribution < -0.4 is 10.1 Å². The Morgan fingerprint density at radius 2 is 2.19 bits per heavy atom. The summed E-state index contributed by atoms with van der Waals surface area (Å²) in [5.74, 6) is 1.13. The number of benzene rings is 1. The van der Waals surface area contributed by atoms with Gasteiger partial charge >= 0.3 is 6.18 Å². The summed E-state index contributed by atoms with van der Waals surface area (Å²) in [5, 5.41) is 7.10. The molecule has 0 fully saturated rings. The van der Waals surface area contributed by atoms with Crippen LogP contribution in [-0.4, -0.2) is 29.7 Å². The fourth-order valence-corrected chi connectivity index (χ4v) is 3.10. The van der Waals surface area contributed by atoms with Crippen LogP contribution in [0.25, 0.3) is 5.76 Å². The second-order valence-corrected chi connectivity index (χ2v) is 5.97. The molecule has 3 rings (SSSR count). The molecule has 26 heavy (non-hydrogen) atoms. The van der Waals surface area contributed by atoms with Crippen molar-refractivity contribution in [3.05, 3.63) is 48.2 Å². The maximum atomic E-state index is 13.6. The first-order valence-corrected chi connectivity index (χ1v) is 8.22. The summed E-state index contributed by atoms with van der Waals surface area (Å²) >= 11 is 0. The van der Waals surface area contributed by atoms with Crippen molar-refractivity contribution >= 4 is 11.6 Å². The van der Waals surface area contributed by atoms with Gasteiger partial charge in [-0.2, -0.15) is 18.3 Å². The highest BCUT2D eigenvalue weighted by Crippen LogP contribution is 2.45. The van der Waals surface area contributed by atoms with Crippen LogP contribution in [-0.2, 0) is 4.74 Å². The van der Waals surface area contributed by atoms with Crippen LogP contribution in [0.15, 0.2) is 37.0 Å². The number of fused-ring (bicyclic) bond motifs is 1. The lowest BCUT2D eigenvalue weighted by Crippen LogP contribution is -2.36. The minimum absolute atomic E-state index is 0.175. The van der Waals surface area contributed by atoms with E-state index in [1.165, 1.54) is 13.3 Å². The molecule has 2 unspecified atom stereocenters. The van der Waals surface area contributed by atoms with E-state index < -0.39 is 18.3 Å². The Bertz CT molecular complexity index is 801. The number of aromatic nitrogens is 2. The lowest BCUT2D eigenvalue weighted by atomic mass is 9.96. The van der Waals surface area contributed by atoms with Crippen LogP contribution in [0.3, 0.4) is 0 Å². The molecule has 1 aromatic carbocycles. The maximum Gasteiger partial charge on any atom is 0.410 e. The predicted octanol–water partition coefficient (Wildman–Crippen LogP) is 4.56. The van der Waals surface area contributed by atoms with E-state index in [4.69, 9.17) is 9.47 Å². The number of nitrogens with zero attached hydrogens (tertiary/aromatic N) is 2. The van der Waals surface area contributed by atoms with Gasteiger partial charge in [-0.15, -0.1) is 0 Å². The van der Waals surface area contributed by atoms with E-state index >= 15 is 0 Å². The zero-order valence-corrected chi connectivity index (χ0v) is 14.5. The molecule has 0 saturated carbocycles. The Hall–Kier alpha value is -2.64. The van der Waals surface area contributed by atoms with Crippen LogP contribution in [0.5, 0.6) is 5.75 Å². The molecule has 0 spiro atoms. The summed E-state index contributed by atoms with van der Waals surface area (Å²) in [7, 11) is 1.52. The molecule has 1 N–H and O–H groups in total. The lowest BCUT2D eigenvalue weighted by molar-refractivity contribution is -0.173. The number of hydrogen-bond acceptors (Lipinski definition) is 4. The second-order valence-electron chi connectivity index (χ2n) is 5.97. The first-order chi connectivity index (χ1) is 12.3. The summed E-state index contributed by atoms with van der Waals surface area (Å²) in [5.41, 5.74) is 1.13. The van der Waals surface area contributed by atoms with Crippen LogP contribution >= 0.6 is 0 Å². The molecule has 0 aliphatic carbocycles. The Morgan fingerprint density at radius 3 is 2.85 bits per heavy atom. The molecule has 0 bridgehead atoms. The monoisotopic (exact) mass is 367 g/mol. The van der Waals surface area contributed by atoms with Gasteiger partial charge in [-0.05, 0) is 24.6 Å². The molecule has 2 aromatic rings. The summed E-state index contributed by atoms with van der Waals surface area (Å²) < 4.78 is 52.5. The van der Waals surface area contributed by atoms with Crippen molar-refractivity contribution in [1.29, 1.82) is 0 Å². The lowest BCUT2D eigenvalue weighted by Gasteiger charge is -2.34. The van der Waals surface area contributed by atoms with Crippen molar-refractivity contribution in [2.24, 2.45) is 0 Å². The molecule has 1 aromatic heterocycles. The summed E-state index contributed by atoms with van der Waals surface area (Å²) in [4.78, 5) is 0. The molecule has 0 amide bonds. The minimum Gasteiger partial charge on any atom is -0.497 e. The molecule has 0 radical (unpaired) electrons. The molecule has 1 aliphatic heterocycles. The number of hydrogen-bond donors (Lipinski definition) is 1. The standard InChI is InChI=1S/C18H20F3N3O2/c1-4-26-11(2)14-10-22-24-16(18(19,20)21)9-15(23-17(14)24)12-6-5-7-13(8-12)25-3/h5-8,10,15-16,23H,2,4,9H2,1,3H3. The van der Waals surface area contributed by atoms with Crippen molar-refractivity contribution in [1.82, 2.24) is 9.78 Å². The van der Waals surface area contributed by atoms with Gasteiger partial charge in [0.05, 0.1) is 31.5 Å². The molecular formula is C18H20F3N3O2. The summed E-state index contributed by atoms with van der Waals surface area (Å²) in [6.45, 7) is 5.94. The van der Waals surface area contributed by atoms with Gasteiger partial charge in [0.15, 0.2) is 6.04 Å². The smallest absolute Gasteiger partial charge is 0.410 e. The van der Waals surface area contributed by atoms with Crippen molar-refractivity contribution in [2.75, 3.05) is 19.0 Å². The first kappa shape index (κ1) is 18.2. The number of ether oxygens (including phenoxy) is 2. The van der Waals surface area contributed by atoms with Gasteiger partial charge < -0.3 is 14.8 Å². The van der Waals surface area contributed by atoms with Gasteiger partial charge in [-0.1, -0.05) is 18.7 Å². The predicted molar refractivity (Wildman–Crippen MR) is 92.0 cm³/mol. The number of alkyl halides is 3. The third kappa shape index (κ3) is 3.36. The Balaban J connectivity index is 2.03. The average molecular weight is 367 g/mol. The van der Waals surface area contributed by atoms with E-state index in [9.17, 15) is 13.2 Å². The third-order valence-corrected chi connectivity index (χ3v) is 4.35. The van der Waals surface area contributed by atoms with Gasteiger partial charge in [0.2, 0.25) is 0 Å². The molecule has 2 heterocycles. The molecule has 2 atom stereocenters. The zero-order chi connectivity index (χ0) is 18.9. The van der Waals surface area contributed by atoms with Crippen molar-refractivity contribution in [3.63, 3.8) is 0 Å². The number of nitrogens with one attached hydrogen (secondary N) is 1. The first-order valence-electron chi connectivity index (χ1n) is 8.22. The number of methoxy groups -OCH3 is 1. The SMILES string of the molecule is C=C(OCC)c1cnn2c1NC(c1cccc(OC)c1)CC2C(F)(F)F. The molecule has 140 valence electrons. The Morgan fingerprint density at radius 1 is 1.42 bits per heavy atom.